The molecule has 1 saturated heterocycles. The van der Waals surface area contributed by atoms with Crippen LogP contribution in [0.15, 0.2) is 28.7 Å². The van der Waals surface area contributed by atoms with Crippen molar-refractivity contribution < 1.29 is 0 Å². The molecule has 2 atom stereocenters. The summed E-state index contributed by atoms with van der Waals surface area (Å²) in [7, 11) is 0. The van der Waals surface area contributed by atoms with E-state index in [0.29, 0.717) is 12.1 Å². The third-order valence-corrected chi connectivity index (χ3v) is 4.79. The van der Waals surface area contributed by atoms with Gasteiger partial charge in [0.2, 0.25) is 0 Å². The van der Waals surface area contributed by atoms with Crippen LogP contribution in [0.5, 0.6) is 0 Å². The van der Waals surface area contributed by atoms with Gasteiger partial charge < -0.3 is 5.32 Å². The second-order valence-electron chi connectivity index (χ2n) is 5.71. The number of halogens is 1. The molecule has 0 aliphatic carbocycles. The van der Waals surface area contributed by atoms with E-state index in [4.69, 9.17) is 0 Å². The molecule has 1 fully saturated rings. The van der Waals surface area contributed by atoms with E-state index in [1.54, 1.807) is 0 Å². The molecule has 1 heterocycles. The number of hydrogen-bond donors (Lipinski definition) is 1. The first-order chi connectivity index (χ1) is 9.76. The normalized spacial score (nSPS) is 21.1. The Hall–Kier alpha value is -0.380. The van der Waals surface area contributed by atoms with Gasteiger partial charge in [0.05, 0.1) is 0 Å². The lowest BCUT2D eigenvalue weighted by Crippen LogP contribution is -2.47. The Kier molecular flexibility index (Phi) is 6.53. The molecule has 0 spiro atoms. The lowest BCUT2D eigenvalue weighted by molar-refractivity contribution is 0.108. The van der Waals surface area contributed by atoms with Crippen molar-refractivity contribution in [3.05, 3.63) is 34.3 Å². The Balaban J connectivity index is 2.17. The molecule has 1 aliphatic rings. The van der Waals surface area contributed by atoms with E-state index >= 15 is 0 Å². The van der Waals surface area contributed by atoms with E-state index in [2.05, 4.69) is 64.3 Å². The van der Waals surface area contributed by atoms with Gasteiger partial charge in [-0.05, 0) is 56.5 Å². The lowest BCUT2D eigenvalue weighted by atomic mass is 9.97. The molecule has 1 N–H and O–H groups in total. The molecular formula is C17H27BrN2. The van der Waals surface area contributed by atoms with Crippen LogP contribution in [-0.4, -0.2) is 30.6 Å². The zero-order chi connectivity index (χ0) is 14.4. The third kappa shape index (κ3) is 4.06. The van der Waals surface area contributed by atoms with E-state index in [-0.39, 0.29) is 0 Å². The molecule has 0 aromatic heterocycles. The highest BCUT2D eigenvalue weighted by Gasteiger charge is 2.26. The number of rotatable bonds is 6. The van der Waals surface area contributed by atoms with Crippen molar-refractivity contribution in [2.45, 2.75) is 51.6 Å². The van der Waals surface area contributed by atoms with Gasteiger partial charge in [-0.15, -0.1) is 0 Å². The molecule has 1 aromatic carbocycles. The number of nitrogens with zero attached hydrogens (tertiary/aromatic N) is 1. The molecule has 0 bridgehead atoms. The van der Waals surface area contributed by atoms with Gasteiger partial charge in [-0.1, -0.05) is 41.9 Å². The lowest BCUT2D eigenvalue weighted by Gasteiger charge is -2.40. The molecule has 0 radical (unpaired) electrons. The van der Waals surface area contributed by atoms with E-state index in [1.807, 2.05) is 0 Å². The number of piperidine rings is 1. The molecule has 0 saturated carbocycles. The maximum absolute atomic E-state index is 3.56. The molecule has 2 unspecified atom stereocenters. The van der Waals surface area contributed by atoms with Crippen molar-refractivity contribution in [3.8, 4) is 0 Å². The highest BCUT2D eigenvalue weighted by molar-refractivity contribution is 9.10. The number of benzene rings is 1. The molecule has 1 aliphatic heterocycles. The Morgan fingerprint density at radius 2 is 2.05 bits per heavy atom. The Labute approximate surface area is 132 Å². The fourth-order valence-corrected chi connectivity index (χ4v) is 3.58. The van der Waals surface area contributed by atoms with Crippen LogP contribution in [0.3, 0.4) is 0 Å². The van der Waals surface area contributed by atoms with Gasteiger partial charge in [0.1, 0.15) is 0 Å². The van der Waals surface area contributed by atoms with Crippen LogP contribution in [0, 0.1) is 0 Å². The predicted molar refractivity (Wildman–Crippen MR) is 90.1 cm³/mol. The summed E-state index contributed by atoms with van der Waals surface area (Å²) in [4.78, 5) is 2.73. The van der Waals surface area contributed by atoms with Crippen LogP contribution in [0.2, 0.25) is 0 Å². The van der Waals surface area contributed by atoms with Crippen LogP contribution < -0.4 is 5.32 Å². The smallest absolute Gasteiger partial charge is 0.0348 e. The minimum Gasteiger partial charge on any atom is -0.315 e. The molecule has 2 rings (SSSR count). The minimum absolute atomic E-state index is 0.549. The van der Waals surface area contributed by atoms with Gasteiger partial charge in [-0.2, -0.15) is 0 Å². The number of hydrogen-bond acceptors (Lipinski definition) is 2. The topological polar surface area (TPSA) is 15.3 Å². The van der Waals surface area contributed by atoms with Gasteiger partial charge in [-0.25, -0.2) is 0 Å². The molecule has 3 heteroatoms. The van der Waals surface area contributed by atoms with Gasteiger partial charge >= 0.3 is 0 Å². The van der Waals surface area contributed by atoms with Crippen molar-refractivity contribution in [3.63, 3.8) is 0 Å². The minimum atomic E-state index is 0.549. The predicted octanol–water partition coefficient (Wildman–Crippen LogP) is 4.36. The standard InChI is InChI=1S/C17H27BrN2/c1-3-12-20(16-6-5-11-19-13-16)17(4-2)14-7-9-15(18)10-8-14/h7-10,16-17,19H,3-6,11-13H2,1-2H3. The number of nitrogens with one attached hydrogen (secondary N) is 1. The summed E-state index contributed by atoms with van der Waals surface area (Å²) in [5.74, 6) is 0. The second-order valence-corrected chi connectivity index (χ2v) is 6.63. The van der Waals surface area contributed by atoms with Gasteiger partial charge in [0, 0.05) is 23.1 Å². The summed E-state index contributed by atoms with van der Waals surface area (Å²) in [5, 5.41) is 3.56. The molecular weight excluding hydrogens is 312 g/mol. The SMILES string of the molecule is CCCN(C1CCCNC1)C(CC)c1ccc(Br)cc1. The van der Waals surface area contributed by atoms with E-state index < -0.39 is 0 Å². The first-order valence-electron chi connectivity index (χ1n) is 7.98. The average molecular weight is 339 g/mol. The summed E-state index contributed by atoms with van der Waals surface area (Å²) in [6, 6.07) is 10.1. The molecule has 1 aromatic rings. The largest absolute Gasteiger partial charge is 0.315 e. The van der Waals surface area contributed by atoms with Crippen LogP contribution >= 0.6 is 15.9 Å². The molecule has 0 amide bonds. The van der Waals surface area contributed by atoms with Gasteiger partial charge in [-0.3, -0.25) is 4.90 Å². The summed E-state index contributed by atoms with van der Waals surface area (Å²) in [5.41, 5.74) is 1.45. The van der Waals surface area contributed by atoms with Crippen LogP contribution in [0.4, 0.5) is 0 Å². The fourth-order valence-electron chi connectivity index (χ4n) is 3.31. The molecule has 112 valence electrons. The summed E-state index contributed by atoms with van der Waals surface area (Å²) in [6.45, 7) is 8.13. The second kappa shape index (κ2) is 8.16. The van der Waals surface area contributed by atoms with Crippen LogP contribution in [0.1, 0.15) is 51.1 Å². The van der Waals surface area contributed by atoms with Crippen molar-refractivity contribution in [1.82, 2.24) is 10.2 Å². The summed E-state index contributed by atoms with van der Waals surface area (Å²) >= 11 is 3.54. The zero-order valence-electron chi connectivity index (χ0n) is 12.7. The van der Waals surface area contributed by atoms with Crippen LogP contribution in [-0.2, 0) is 0 Å². The average Bonchev–Trinajstić information content (AvgIpc) is 2.50. The summed E-state index contributed by atoms with van der Waals surface area (Å²) in [6.07, 6.45) is 5.04. The molecule has 20 heavy (non-hydrogen) atoms. The van der Waals surface area contributed by atoms with Gasteiger partial charge in [0.15, 0.2) is 0 Å². The Bertz CT molecular complexity index is 384. The maximum atomic E-state index is 3.56. The first kappa shape index (κ1) is 16.0. The van der Waals surface area contributed by atoms with Crippen molar-refractivity contribution in [2.24, 2.45) is 0 Å². The first-order valence-corrected chi connectivity index (χ1v) is 8.77. The van der Waals surface area contributed by atoms with Crippen molar-refractivity contribution in [1.29, 1.82) is 0 Å². The van der Waals surface area contributed by atoms with Crippen molar-refractivity contribution in [2.75, 3.05) is 19.6 Å². The van der Waals surface area contributed by atoms with Crippen LogP contribution in [0.25, 0.3) is 0 Å². The third-order valence-electron chi connectivity index (χ3n) is 4.26. The zero-order valence-corrected chi connectivity index (χ0v) is 14.3. The van der Waals surface area contributed by atoms with Crippen molar-refractivity contribution >= 4 is 15.9 Å². The quantitative estimate of drug-likeness (QED) is 0.828. The highest BCUT2D eigenvalue weighted by atomic mass is 79.9. The highest BCUT2D eigenvalue weighted by Crippen LogP contribution is 2.29. The van der Waals surface area contributed by atoms with Gasteiger partial charge in [0.25, 0.3) is 0 Å². The monoisotopic (exact) mass is 338 g/mol. The fraction of sp³-hybridized carbons (Fsp3) is 0.647. The Morgan fingerprint density at radius 3 is 2.60 bits per heavy atom. The Morgan fingerprint density at radius 1 is 1.30 bits per heavy atom. The summed E-state index contributed by atoms with van der Waals surface area (Å²) < 4.78 is 1.16. The van der Waals surface area contributed by atoms with E-state index in [1.165, 1.54) is 44.3 Å². The van der Waals surface area contributed by atoms with E-state index in [9.17, 15) is 0 Å². The maximum Gasteiger partial charge on any atom is 0.0348 e. The molecule has 2 nitrogen and oxygen atoms in total. The van der Waals surface area contributed by atoms with E-state index in [0.717, 1.165) is 11.0 Å².